The maximum Gasteiger partial charge on any atom is 0.330 e. The van der Waals surface area contributed by atoms with Crippen LogP contribution in [0.5, 0.6) is 0 Å². The molecule has 1 heterocycles. The highest BCUT2D eigenvalue weighted by Gasteiger charge is 1.90. The van der Waals surface area contributed by atoms with Crippen molar-refractivity contribution in [2.45, 2.75) is 0 Å². The Hall–Kier alpha value is -1.51. The van der Waals surface area contributed by atoms with Crippen LogP contribution in [-0.2, 0) is 9.53 Å². The molecule has 1 aromatic heterocycles. The van der Waals surface area contributed by atoms with Crippen molar-refractivity contribution in [3.05, 3.63) is 30.1 Å². The highest BCUT2D eigenvalue weighted by molar-refractivity contribution is 5.86. The van der Waals surface area contributed by atoms with Gasteiger partial charge in [0.25, 0.3) is 0 Å². The van der Waals surface area contributed by atoms with Gasteiger partial charge in [0.15, 0.2) is 0 Å². The van der Waals surface area contributed by atoms with Crippen molar-refractivity contribution < 1.29 is 9.53 Å². The molecule has 0 spiro atoms. The van der Waals surface area contributed by atoms with Crippen molar-refractivity contribution >= 4 is 12.0 Å². The number of H-pyrrole nitrogens is 1. The summed E-state index contributed by atoms with van der Waals surface area (Å²) in [5.41, 5.74) is 0.954. The van der Waals surface area contributed by atoms with E-state index in [1.54, 1.807) is 18.5 Å². The molecular formula is C8H9NO2. The molecule has 0 aromatic carbocycles. The number of methoxy groups -OCH3 is 1. The molecule has 0 bridgehead atoms. The smallest absolute Gasteiger partial charge is 0.330 e. The van der Waals surface area contributed by atoms with Gasteiger partial charge in [0.1, 0.15) is 0 Å². The minimum atomic E-state index is -0.341. The van der Waals surface area contributed by atoms with Gasteiger partial charge in [0.05, 0.1) is 7.11 Å². The second-order valence-corrected chi connectivity index (χ2v) is 2.00. The quantitative estimate of drug-likeness (QED) is 0.509. The molecule has 1 N–H and O–H groups in total. The van der Waals surface area contributed by atoms with E-state index in [0.717, 1.165) is 5.56 Å². The fraction of sp³-hybridized carbons (Fsp3) is 0.125. The van der Waals surface area contributed by atoms with Crippen LogP contribution in [0.4, 0.5) is 0 Å². The van der Waals surface area contributed by atoms with E-state index in [4.69, 9.17) is 0 Å². The van der Waals surface area contributed by atoms with Crippen LogP contribution in [0.2, 0.25) is 0 Å². The third-order valence-electron chi connectivity index (χ3n) is 1.24. The normalized spacial score (nSPS) is 10.3. The summed E-state index contributed by atoms with van der Waals surface area (Å²) in [6.45, 7) is 0. The van der Waals surface area contributed by atoms with E-state index in [1.165, 1.54) is 13.2 Å². The molecule has 0 radical (unpaired) electrons. The third-order valence-corrected chi connectivity index (χ3v) is 1.24. The standard InChI is InChI=1S/C8H9NO2/c1-11-8(10)3-2-7-4-5-9-6-7/h2-6,9H,1H3. The molecule has 0 unspecified atom stereocenters. The lowest BCUT2D eigenvalue weighted by Gasteiger charge is -1.87. The second kappa shape index (κ2) is 3.61. The van der Waals surface area contributed by atoms with Crippen LogP contribution in [-0.4, -0.2) is 18.1 Å². The largest absolute Gasteiger partial charge is 0.466 e. The van der Waals surface area contributed by atoms with Gasteiger partial charge in [0, 0.05) is 18.5 Å². The minimum Gasteiger partial charge on any atom is -0.466 e. The summed E-state index contributed by atoms with van der Waals surface area (Å²) in [6, 6.07) is 1.86. The van der Waals surface area contributed by atoms with Gasteiger partial charge in [-0.1, -0.05) is 0 Å². The predicted octanol–water partition coefficient (Wildman–Crippen LogP) is 1.20. The predicted molar refractivity (Wildman–Crippen MR) is 41.8 cm³/mol. The number of hydrogen-bond acceptors (Lipinski definition) is 2. The van der Waals surface area contributed by atoms with Crippen LogP contribution in [0.1, 0.15) is 5.56 Å². The number of ether oxygens (including phenoxy) is 1. The fourth-order valence-electron chi connectivity index (χ4n) is 0.673. The summed E-state index contributed by atoms with van der Waals surface area (Å²) >= 11 is 0. The van der Waals surface area contributed by atoms with E-state index in [2.05, 4.69) is 9.72 Å². The van der Waals surface area contributed by atoms with E-state index in [0.29, 0.717) is 0 Å². The number of carbonyl (C=O) groups excluding carboxylic acids is 1. The fourth-order valence-corrected chi connectivity index (χ4v) is 0.673. The first-order valence-corrected chi connectivity index (χ1v) is 3.22. The molecule has 0 fully saturated rings. The Morgan fingerprint density at radius 3 is 3.09 bits per heavy atom. The molecule has 1 aromatic rings. The SMILES string of the molecule is COC(=O)C=Cc1cc[nH]c1. The van der Waals surface area contributed by atoms with Crippen molar-refractivity contribution in [2.24, 2.45) is 0 Å². The lowest BCUT2D eigenvalue weighted by molar-refractivity contribution is -0.134. The molecule has 3 heteroatoms. The van der Waals surface area contributed by atoms with E-state index in [-0.39, 0.29) is 5.97 Å². The Kier molecular flexibility index (Phi) is 2.49. The molecule has 1 rings (SSSR count). The van der Waals surface area contributed by atoms with Crippen molar-refractivity contribution in [1.82, 2.24) is 4.98 Å². The van der Waals surface area contributed by atoms with E-state index >= 15 is 0 Å². The Morgan fingerprint density at radius 1 is 1.73 bits per heavy atom. The zero-order chi connectivity index (χ0) is 8.10. The maximum atomic E-state index is 10.6. The van der Waals surface area contributed by atoms with E-state index in [9.17, 15) is 4.79 Å². The Morgan fingerprint density at radius 2 is 2.55 bits per heavy atom. The molecule has 0 amide bonds. The lowest BCUT2D eigenvalue weighted by Crippen LogP contribution is -1.92. The summed E-state index contributed by atoms with van der Waals surface area (Å²) in [5.74, 6) is -0.341. The molecule has 3 nitrogen and oxygen atoms in total. The summed E-state index contributed by atoms with van der Waals surface area (Å²) in [7, 11) is 1.35. The molecular weight excluding hydrogens is 142 g/mol. The van der Waals surface area contributed by atoms with Gasteiger partial charge in [-0.3, -0.25) is 0 Å². The molecule has 0 aliphatic carbocycles. The average molecular weight is 151 g/mol. The molecule has 0 saturated carbocycles. The molecule has 0 atom stereocenters. The van der Waals surface area contributed by atoms with Gasteiger partial charge in [-0.2, -0.15) is 0 Å². The number of hydrogen-bond donors (Lipinski definition) is 1. The second-order valence-electron chi connectivity index (χ2n) is 2.00. The summed E-state index contributed by atoms with van der Waals surface area (Å²) in [4.78, 5) is 13.5. The molecule has 11 heavy (non-hydrogen) atoms. The highest BCUT2D eigenvalue weighted by atomic mass is 16.5. The third kappa shape index (κ3) is 2.29. The first-order chi connectivity index (χ1) is 5.33. The summed E-state index contributed by atoms with van der Waals surface area (Å²) in [6.07, 6.45) is 6.64. The van der Waals surface area contributed by atoms with Crippen LogP contribution in [0.3, 0.4) is 0 Å². The molecule has 58 valence electrons. The van der Waals surface area contributed by atoms with Crippen molar-refractivity contribution in [2.75, 3.05) is 7.11 Å². The maximum absolute atomic E-state index is 10.6. The number of nitrogens with one attached hydrogen (secondary N) is 1. The van der Waals surface area contributed by atoms with Crippen LogP contribution in [0.25, 0.3) is 6.08 Å². The summed E-state index contributed by atoms with van der Waals surface area (Å²) < 4.78 is 4.41. The van der Waals surface area contributed by atoms with Crippen LogP contribution in [0, 0.1) is 0 Å². The molecule has 0 aliphatic heterocycles. The van der Waals surface area contributed by atoms with Gasteiger partial charge < -0.3 is 9.72 Å². The molecule has 0 aliphatic rings. The number of aromatic amines is 1. The first kappa shape index (κ1) is 7.60. The zero-order valence-corrected chi connectivity index (χ0v) is 6.20. The van der Waals surface area contributed by atoms with Crippen molar-refractivity contribution in [1.29, 1.82) is 0 Å². The number of esters is 1. The Bertz CT molecular complexity index is 249. The van der Waals surface area contributed by atoms with Gasteiger partial charge >= 0.3 is 5.97 Å². The highest BCUT2D eigenvalue weighted by Crippen LogP contribution is 1.98. The topological polar surface area (TPSA) is 42.1 Å². The minimum absolute atomic E-state index is 0.341. The van der Waals surface area contributed by atoms with Crippen molar-refractivity contribution in [3.63, 3.8) is 0 Å². The number of carbonyl (C=O) groups is 1. The van der Waals surface area contributed by atoms with Crippen LogP contribution < -0.4 is 0 Å². The number of rotatable bonds is 2. The molecule has 0 saturated heterocycles. The zero-order valence-electron chi connectivity index (χ0n) is 6.20. The Labute approximate surface area is 64.7 Å². The van der Waals surface area contributed by atoms with Gasteiger partial charge in [-0.15, -0.1) is 0 Å². The van der Waals surface area contributed by atoms with Gasteiger partial charge in [-0.25, -0.2) is 4.79 Å². The summed E-state index contributed by atoms with van der Waals surface area (Å²) in [5, 5.41) is 0. The van der Waals surface area contributed by atoms with Crippen LogP contribution >= 0.6 is 0 Å². The van der Waals surface area contributed by atoms with Crippen molar-refractivity contribution in [3.8, 4) is 0 Å². The number of aromatic nitrogens is 1. The van der Waals surface area contributed by atoms with Gasteiger partial charge in [0.2, 0.25) is 0 Å². The lowest BCUT2D eigenvalue weighted by atomic mass is 10.3. The van der Waals surface area contributed by atoms with E-state index in [1.807, 2.05) is 6.07 Å². The van der Waals surface area contributed by atoms with Crippen LogP contribution in [0.15, 0.2) is 24.5 Å². The average Bonchev–Trinajstić information content (AvgIpc) is 2.52. The van der Waals surface area contributed by atoms with E-state index < -0.39 is 0 Å². The van der Waals surface area contributed by atoms with Gasteiger partial charge in [-0.05, 0) is 17.7 Å². The Balaban J connectivity index is 2.55. The first-order valence-electron chi connectivity index (χ1n) is 3.22. The monoisotopic (exact) mass is 151 g/mol.